The number of hydrogen-bond acceptors (Lipinski definition) is 6. The second-order valence-electron chi connectivity index (χ2n) is 7.31. The maximum absolute atomic E-state index is 14.1. The topological polar surface area (TPSA) is 70.6 Å². The van der Waals surface area contributed by atoms with Gasteiger partial charge in [0.25, 0.3) is 0 Å². The van der Waals surface area contributed by atoms with Gasteiger partial charge in [-0.2, -0.15) is 0 Å². The predicted molar refractivity (Wildman–Crippen MR) is 118 cm³/mol. The summed E-state index contributed by atoms with van der Waals surface area (Å²) in [5, 5.41) is 0.336. The number of thiazole rings is 1. The van der Waals surface area contributed by atoms with Crippen LogP contribution in [0.25, 0.3) is 10.2 Å². The maximum Gasteiger partial charge on any atom is 0.229 e. The van der Waals surface area contributed by atoms with Crippen molar-refractivity contribution in [2.24, 2.45) is 0 Å². The van der Waals surface area contributed by atoms with E-state index in [1.165, 1.54) is 34.4 Å². The molecule has 1 heterocycles. The number of amides is 1. The molecule has 0 saturated carbocycles. The Bertz CT molecular complexity index is 1160. The van der Waals surface area contributed by atoms with Gasteiger partial charge in [0.15, 0.2) is 15.0 Å². The van der Waals surface area contributed by atoms with E-state index in [1.807, 2.05) is 19.0 Å². The van der Waals surface area contributed by atoms with Crippen molar-refractivity contribution < 1.29 is 22.0 Å². The molecule has 0 fully saturated rings. The number of rotatable bonds is 9. The van der Waals surface area contributed by atoms with Gasteiger partial charge in [-0.3, -0.25) is 9.69 Å². The van der Waals surface area contributed by atoms with E-state index in [1.54, 1.807) is 12.1 Å². The van der Waals surface area contributed by atoms with E-state index in [9.17, 15) is 22.0 Å². The zero-order chi connectivity index (χ0) is 22.6. The lowest BCUT2D eigenvalue weighted by Crippen LogP contribution is -2.34. The molecule has 0 aliphatic carbocycles. The zero-order valence-corrected chi connectivity index (χ0v) is 18.8. The van der Waals surface area contributed by atoms with Gasteiger partial charge in [-0.25, -0.2) is 22.2 Å². The monoisotopic (exact) mass is 467 g/mol. The van der Waals surface area contributed by atoms with E-state index < -0.39 is 33.1 Å². The Labute approximate surface area is 184 Å². The third kappa shape index (κ3) is 5.84. The van der Waals surface area contributed by atoms with Crippen molar-refractivity contribution in [2.45, 2.75) is 17.7 Å². The summed E-state index contributed by atoms with van der Waals surface area (Å²) in [5.41, 5.74) is 0.187. The van der Waals surface area contributed by atoms with Crippen LogP contribution in [0.3, 0.4) is 0 Å². The summed E-state index contributed by atoms with van der Waals surface area (Å²) < 4.78 is 52.8. The molecule has 0 bridgehead atoms. The second kappa shape index (κ2) is 9.80. The third-order valence-corrected chi connectivity index (χ3v) is 7.41. The van der Waals surface area contributed by atoms with Gasteiger partial charge >= 0.3 is 0 Å². The summed E-state index contributed by atoms with van der Waals surface area (Å²) in [5.74, 6) is -1.84. The van der Waals surface area contributed by atoms with Crippen molar-refractivity contribution in [2.75, 3.05) is 37.8 Å². The molecule has 166 valence electrons. The average Bonchev–Trinajstić information content (AvgIpc) is 3.15. The molecular formula is C21H23F2N3O3S2. The van der Waals surface area contributed by atoms with Crippen LogP contribution in [-0.4, -0.2) is 57.1 Å². The van der Waals surface area contributed by atoms with E-state index in [2.05, 4.69) is 4.98 Å². The van der Waals surface area contributed by atoms with Crippen LogP contribution in [0.5, 0.6) is 0 Å². The number of hydrogen-bond donors (Lipinski definition) is 0. The number of fused-ring (bicyclic) bond motifs is 1. The fourth-order valence-corrected chi connectivity index (χ4v) is 5.26. The van der Waals surface area contributed by atoms with Crippen LogP contribution < -0.4 is 4.90 Å². The number of aromatic nitrogens is 1. The van der Waals surface area contributed by atoms with E-state index in [0.717, 1.165) is 18.7 Å². The number of carbonyl (C=O) groups is 1. The van der Waals surface area contributed by atoms with Gasteiger partial charge in [0.05, 0.1) is 15.3 Å². The minimum atomic E-state index is -3.75. The first-order valence-electron chi connectivity index (χ1n) is 9.66. The molecule has 3 aromatic rings. The highest BCUT2D eigenvalue weighted by molar-refractivity contribution is 7.91. The van der Waals surface area contributed by atoms with Crippen LogP contribution >= 0.6 is 11.3 Å². The third-order valence-electron chi connectivity index (χ3n) is 4.63. The molecule has 0 atom stereocenters. The lowest BCUT2D eigenvalue weighted by Gasteiger charge is -2.21. The van der Waals surface area contributed by atoms with Gasteiger partial charge in [0.2, 0.25) is 5.91 Å². The minimum Gasteiger partial charge on any atom is -0.309 e. The first-order valence-corrected chi connectivity index (χ1v) is 12.1. The SMILES string of the molecule is CN(C)CCCN(C(=O)CCS(=O)(=O)c1ccc(F)cc1)c1nc2c(F)cccc2s1. The van der Waals surface area contributed by atoms with Gasteiger partial charge in [-0.15, -0.1) is 0 Å². The molecular weight excluding hydrogens is 444 g/mol. The second-order valence-corrected chi connectivity index (χ2v) is 10.4. The van der Waals surface area contributed by atoms with E-state index in [-0.39, 0.29) is 16.8 Å². The Kier molecular flexibility index (Phi) is 7.34. The standard InChI is InChI=1S/C21H23F2N3O3S2/c1-25(2)12-4-13-26(21-24-20-17(23)5-3-6-18(20)30-21)19(27)11-14-31(28,29)16-9-7-15(22)8-10-16/h3,5-10H,4,11-14H2,1-2H3. The number of anilines is 1. The van der Waals surface area contributed by atoms with Gasteiger partial charge in [-0.1, -0.05) is 17.4 Å². The van der Waals surface area contributed by atoms with Crippen molar-refractivity contribution in [1.82, 2.24) is 9.88 Å². The Balaban J connectivity index is 1.80. The smallest absolute Gasteiger partial charge is 0.229 e. The number of nitrogens with zero attached hydrogens (tertiary/aromatic N) is 3. The predicted octanol–water partition coefficient (Wildman–Crippen LogP) is 3.72. The summed E-state index contributed by atoms with van der Waals surface area (Å²) in [6.07, 6.45) is 0.377. The van der Waals surface area contributed by atoms with Crippen molar-refractivity contribution in [3.63, 3.8) is 0 Å². The van der Waals surface area contributed by atoms with E-state index >= 15 is 0 Å². The maximum atomic E-state index is 14.1. The first kappa shape index (κ1) is 23.2. The van der Waals surface area contributed by atoms with Crippen molar-refractivity contribution >= 4 is 42.4 Å². The number of benzene rings is 2. The van der Waals surface area contributed by atoms with Gasteiger partial charge in [0, 0.05) is 13.0 Å². The summed E-state index contributed by atoms with van der Waals surface area (Å²) >= 11 is 1.19. The molecule has 1 aromatic heterocycles. The Morgan fingerprint density at radius 3 is 2.42 bits per heavy atom. The summed E-state index contributed by atoms with van der Waals surface area (Å²) in [6.45, 7) is 1.05. The summed E-state index contributed by atoms with van der Waals surface area (Å²) in [7, 11) is 0.0699. The molecule has 10 heteroatoms. The van der Waals surface area contributed by atoms with Crippen LogP contribution in [0, 0.1) is 11.6 Å². The minimum absolute atomic E-state index is 0.0390. The quantitative estimate of drug-likeness (QED) is 0.449. The first-order chi connectivity index (χ1) is 14.7. The average molecular weight is 468 g/mol. The van der Waals surface area contributed by atoms with Gasteiger partial charge in [0.1, 0.15) is 17.2 Å². The van der Waals surface area contributed by atoms with Crippen molar-refractivity contribution in [1.29, 1.82) is 0 Å². The normalized spacial score (nSPS) is 11.9. The molecule has 31 heavy (non-hydrogen) atoms. The molecule has 0 aliphatic rings. The fraction of sp³-hybridized carbons (Fsp3) is 0.333. The van der Waals surface area contributed by atoms with Crippen LogP contribution in [0.2, 0.25) is 0 Å². The highest BCUT2D eigenvalue weighted by atomic mass is 32.2. The molecule has 0 radical (unpaired) electrons. The lowest BCUT2D eigenvalue weighted by atomic mass is 10.3. The lowest BCUT2D eigenvalue weighted by molar-refractivity contribution is -0.118. The number of halogens is 2. The van der Waals surface area contributed by atoms with E-state index in [4.69, 9.17) is 0 Å². The molecule has 2 aromatic carbocycles. The highest BCUT2D eigenvalue weighted by Crippen LogP contribution is 2.31. The largest absolute Gasteiger partial charge is 0.309 e. The number of sulfone groups is 1. The van der Waals surface area contributed by atoms with Crippen molar-refractivity contribution in [3.8, 4) is 0 Å². The molecule has 6 nitrogen and oxygen atoms in total. The molecule has 0 N–H and O–H groups in total. The molecule has 0 spiro atoms. The fourth-order valence-electron chi connectivity index (χ4n) is 3.01. The van der Waals surface area contributed by atoms with Gasteiger partial charge < -0.3 is 4.90 Å². The van der Waals surface area contributed by atoms with E-state index in [0.29, 0.717) is 22.8 Å². The molecule has 0 unspecified atom stereocenters. The Hall–Kier alpha value is -2.43. The van der Waals surface area contributed by atoms with Gasteiger partial charge in [-0.05, 0) is 63.5 Å². The van der Waals surface area contributed by atoms with Crippen LogP contribution in [0.1, 0.15) is 12.8 Å². The van der Waals surface area contributed by atoms with Crippen LogP contribution in [0.4, 0.5) is 13.9 Å². The zero-order valence-electron chi connectivity index (χ0n) is 17.2. The summed E-state index contributed by atoms with van der Waals surface area (Å²) in [4.78, 5) is 20.6. The molecule has 0 aliphatic heterocycles. The Morgan fingerprint density at radius 2 is 1.77 bits per heavy atom. The summed E-state index contributed by atoms with van der Waals surface area (Å²) in [6, 6.07) is 9.10. The Morgan fingerprint density at radius 1 is 1.06 bits per heavy atom. The van der Waals surface area contributed by atoms with Crippen molar-refractivity contribution in [3.05, 3.63) is 54.1 Å². The molecule has 1 amide bonds. The number of para-hydroxylation sites is 1. The molecule has 3 rings (SSSR count). The number of carbonyl (C=O) groups excluding carboxylic acids is 1. The van der Waals surface area contributed by atoms with Crippen LogP contribution in [0.15, 0.2) is 47.4 Å². The molecule has 0 saturated heterocycles. The van der Waals surface area contributed by atoms with Crippen LogP contribution in [-0.2, 0) is 14.6 Å². The highest BCUT2D eigenvalue weighted by Gasteiger charge is 2.23.